The predicted octanol–water partition coefficient (Wildman–Crippen LogP) is 1.65. The lowest BCUT2D eigenvalue weighted by molar-refractivity contribution is -0.149. The lowest BCUT2D eigenvalue weighted by Crippen LogP contribution is -2.45. The van der Waals surface area contributed by atoms with Crippen molar-refractivity contribution >= 4 is 34.0 Å². The number of carbonyl (C=O) groups excluding carboxylic acids is 3. The minimum Gasteiger partial charge on any atom is -0.449 e. The second kappa shape index (κ2) is 10.4. The van der Waals surface area contributed by atoms with E-state index >= 15 is 0 Å². The van der Waals surface area contributed by atoms with Crippen LogP contribution in [0.5, 0.6) is 0 Å². The number of benzene rings is 1. The highest BCUT2D eigenvalue weighted by Crippen LogP contribution is 2.18. The molecule has 164 valence electrons. The van der Waals surface area contributed by atoms with Crippen LogP contribution < -0.4 is 10.6 Å². The molecule has 0 aromatic heterocycles. The quantitative estimate of drug-likeness (QED) is 0.447. The Morgan fingerprint density at radius 2 is 1.77 bits per heavy atom. The number of sulfonamides is 1. The lowest BCUT2D eigenvalue weighted by Gasteiger charge is -2.18. The number of imide groups is 1. The Morgan fingerprint density at radius 3 is 2.30 bits per heavy atom. The molecule has 0 bridgehead atoms. The number of hydrogen-bond donors (Lipinski definition) is 2. The highest BCUT2D eigenvalue weighted by atomic mass is 32.2. The van der Waals surface area contributed by atoms with Crippen LogP contribution in [-0.2, 0) is 24.3 Å². The molecule has 10 heteroatoms. The highest BCUT2D eigenvalue weighted by molar-refractivity contribution is 7.89. The van der Waals surface area contributed by atoms with Gasteiger partial charge in [0, 0.05) is 25.2 Å². The molecule has 0 spiro atoms. The number of urea groups is 1. The van der Waals surface area contributed by atoms with Crippen molar-refractivity contribution in [3.8, 4) is 0 Å². The molecular weight excluding hydrogens is 410 g/mol. The molecule has 1 atom stereocenters. The zero-order chi connectivity index (χ0) is 22.3. The van der Waals surface area contributed by atoms with Gasteiger partial charge in [-0.3, -0.25) is 10.1 Å². The van der Waals surface area contributed by atoms with Gasteiger partial charge in [-0.25, -0.2) is 18.0 Å². The molecular formula is C20H27N3O6S. The van der Waals surface area contributed by atoms with Crippen LogP contribution in [-0.4, -0.2) is 55.9 Å². The Balaban J connectivity index is 1.89. The molecule has 1 fully saturated rings. The summed E-state index contributed by atoms with van der Waals surface area (Å²) in [6, 6.07) is 5.56. The molecule has 0 radical (unpaired) electrons. The molecule has 1 aliphatic rings. The lowest BCUT2D eigenvalue weighted by atomic mass is 10.2. The molecule has 1 saturated carbocycles. The number of nitrogens with one attached hydrogen (secondary N) is 2. The van der Waals surface area contributed by atoms with E-state index in [4.69, 9.17) is 4.74 Å². The van der Waals surface area contributed by atoms with Gasteiger partial charge < -0.3 is 10.1 Å². The van der Waals surface area contributed by atoms with Crippen molar-refractivity contribution in [3.05, 3.63) is 35.9 Å². The van der Waals surface area contributed by atoms with Crippen LogP contribution in [0.2, 0.25) is 0 Å². The van der Waals surface area contributed by atoms with Crippen molar-refractivity contribution in [3.63, 3.8) is 0 Å². The molecule has 0 saturated heterocycles. The molecule has 1 unspecified atom stereocenters. The first-order valence-electron chi connectivity index (χ1n) is 9.77. The Kier molecular flexibility index (Phi) is 8.13. The third-order valence-electron chi connectivity index (χ3n) is 4.45. The number of ether oxygens (including phenoxy) is 1. The summed E-state index contributed by atoms with van der Waals surface area (Å²) in [5.74, 6) is -1.49. The van der Waals surface area contributed by atoms with Crippen LogP contribution in [0.25, 0.3) is 6.08 Å². The molecule has 2 rings (SSSR count). The average molecular weight is 438 g/mol. The second-order valence-corrected chi connectivity index (χ2v) is 8.75. The van der Waals surface area contributed by atoms with Crippen LogP contribution in [0.4, 0.5) is 4.79 Å². The van der Waals surface area contributed by atoms with Gasteiger partial charge in [0.2, 0.25) is 10.0 Å². The monoisotopic (exact) mass is 437 g/mol. The van der Waals surface area contributed by atoms with Crippen molar-refractivity contribution in [1.29, 1.82) is 0 Å². The SMILES string of the molecule is CCN(CC)S(=O)(=O)c1ccc(/C=C/C(=O)OC(C)C(=O)NC(=O)NC2CC2)cc1. The fourth-order valence-electron chi connectivity index (χ4n) is 2.56. The fraction of sp³-hybridized carbons (Fsp3) is 0.450. The van der Waals surface area contributed by atoms with Crippen LogP contribution in [0.3, 0.4) is 0 Å². The maximum atomic E-state index is 12.5. The third kappa shape index (κ3) is 6.67. The summed E-state index contributed by atoms with van der Waals surface area (Å²) in [5, 5.41) is 4.72. The fourth-order valence-corrected chi connectivity index (χ4v) is 4.02. The molecule has 0 aliphatic heterocycles. The minimum atomic E-state index is -3.55. The topological polar surface area (TPSA) is 122 Å². The third-order valence-corrected chi connectivity index (χ3v) is 6.51. The summed E-state index contributed by atoms with van der Waals surface area (Å²) in [6.45, 7) is 5.65. The number of amides is 3. The van der Waals surface area contributed by atoms with E-state index in [0.717, 1.165) is 18.9 Å². The van der Waals surface area contributed by atoms with Crippen molar-refractivity contribution in [2.75, 3.05) is 13.1 Å². The zero-order valence-electron chi connectivity index (χ0n) is 17.3. The van der Waals surface area contributed by atoms with E-state index in [1.165, 1.54) is 29.4 Å². The minimum absolute atomic E-state index is 0.104. The smallest absolute Gasteiger partial charge is 0.331 e. The standard InChI is InChI=1S/C20H27N3O6S/c1-4-23(5-2)30(27,28)17-11-6-15(7-12-17)8-13-18(24)29-14(3)19(25)22-20(26)21-16-9-10-16/h6-8,11-14,16H,4-5,9-10H2,1-3H3,(H2,21,22,25,26)/b13-8+. The van der Waals surface area contributed by atoms with E-state index in [9.17, 15) is 22.8 Å². The van der Waals surface area contributed by atoms with E-state index in [-0.39, 0.29) is 10.9 Å². The number of nitrogens with zero attached hydrogens (tertiary/aromatic N) is 1. The number of carbonyl (C=O) groups is 3. The van der Waals surface area contributed by atoms with E-state index in [1.807, 2.05) is 0 Å². The molecule has 1 aromatic carbocycles. The first-order valence-corrected chi connectivity index (χ1v) is 11.2. The second-order valence-electron chi connectivity index (χ2n) is 6.81. The molecule has 1 aliphatic carbocycles. The van der Waals surface area contributed by atoms with Gasteiger partial charge in [-0.2, -0.15) is 4.31 Å². The van der Waals surface area contributed by atoms with Gasteiger partial charge in [0.15, 0.2) is 6.10 Å². The molecule has 1 aromatic rings. The number of esters is 1. The zero-order valence-corrected chi connectivity index (χ0v) is 18.1. The summed E-state index contributed by atoms with van der Waals surface area (Å²) < 4.78 is 31.3. The summed E-state index contributed by atoms with van der Waals surface area (Å²) in [6.07, 6.45) is 3.20. The Hall–Kier alpha value is -2.72. The van der Waals surface area contributed by atoms with Gasteiger partial charge in [0.25, 0.3) is 5.91 Å². The van der Waals surface area contributed by atoms with Crippen molar-refractivity contribution in [1.82, 2.24) is 14.9 Å². The molecule has 0 heterocycles. The van der Waals surface area contributed by atoms with Crippen LogP contribution >= 0.6 is 0 Å². The van der Waals surface area contributed by atoms with Gasteiger partial charge in [0.05, 0.1) is 4.90 Å². The van der Waals surface area contributed by atoms with Crippen LogP contribution in [0.15, 0.2) is 35.2 Å². The molecule has 9 nitrogen and oxygen atoms in total. The van der Waals surface area contributed by atoms with Crippen molar-refractivity contribution in [2.45, 2.75) is 50.7 Å². The summed E-state index contributed by atoms with van der Waals surface area (Å²) in [4.78, 5) is 35.5. The summed E-state index contributed by atoms with van der Waals surface area (Å²) in [5.41, 5.74) is 0.589. The van der Waals surface area contributed by atoms with Gasteiger partial charge in [0.1, 0.15) is 0 Å². The first kappa shape index (κ1) is 23.6. The first-order chi connectivity index (χ1) is 14.2. The predicted molar refractivity (Wildman–Crippen MR) is 111 cm³/mol. The van der Waals surface area contributed by atoms with Crippen molar-refractivity contribution in [2.24, 2.45) is 0 Å². The molecule has 3 amide bonds. The van der Waals surface area contributed by atoms with Gasteiger partial charge >= 0.3 is 12.0 Å². The van der Waals surface area contributed by atoms with E-state index < -0.39 is 34.0 Å². The largest absolute Gasteiger partial charge is 0.449 e. The average Bonchev–Trinajstić information content (AvgIpc) is 3.51. The molecule has 30 heavy (non-hydrogen) atoms. The van der Waals surface area contributed by atoms with Gasteiger partial charge in [-0.1, -0.05) is 26.0 Å². The Morgan fingerprint density at radius 1 is 1.17 bits per heavy atom. The van der Waals surface area contributed by atoms with Crippen LogP contribution in [0.1, 0.15) is 39.2 Å². The van der Waals surface area contributed by atoms with Gasteiger partial charge in [-0.05, 0) is 43.5 Å². The maximum Gasteiger partial charge on any atom is 0.331 e. The maximum absolute atomic E-state index is 12.5. The normalized spacial score (nSPS) is 15.1. The number of rotatable bonds is 9. The van der Waals surface area contributed by atoms with E-state index in [2.05, 4.69) is 10.6 Å². The Labute approximate surface area is 176 Å². The van der Waals surface area contributed by atoms with Crippen molar-refractivity contribution < 1.29 is 27.5 Å². The van der Waals surface area contributed by atoms with E-state index in [1.54, 1.807) is 26.0 Å². The summed E-state index contributed by atoms with van der Waals surface area (Å²) >= 11 is 0. The highest BCUT2D eigenvalue weighted by Gasteiger charge is 2.25. The molecule has 2 N–H and O–H groups in total. The Bertz CT molecular complexity index is 903. The van der Waals surface area contributed by atoms with Gasteiger partial charge in [-0.15, -0.1) is 0 Å². The summed E-state index contributed by atoms with van der Waals surface area (Å²) in [7, 11) is -3.55. The van der Waals surface area contributed by atoms with Crippen LogP contribution in [0, 0.1) is 0 Å². The van der Waals surface area contributed by atoms with E-state index in [0.29, 0.717) is 18.7 Å². The number of hydrogen-bond acceptors (Lipinski definition) is 6.